The molecule has 28 heavy (non-hydrogen) atoms. The van der Waals surface area contributed by atoms with Crippen LogP contribution in [-0.4, -0.2) is 65.1 Å². The van der Waals surface area contributed by atoms with Gasteiger partial charge in [-0.1, -0.05) is 5.16 Å². The van der Waals surface area contributed by atoms with Gasteiger partial charge in [0.2, 0.25) is 15.9 Å². The van der Waals surface area contributed by atoms with Crippen LogP contribution < -0.4 is 0 Å². The lowest BCUT2D eigenvalue weighted by atomic mass is 10.1. The predicted octanol–water partition coefficient (Wildman–Crippen LogP) is 1.49. The van der Waals surface area contributed by atoms with Gasteiger partial charge in [0.25, 0.3) is 0 Å². The molecule has 0 bridgehead atoms. The number of nitrogens with one attached hydrogen (secondary N) is 1. The van der Waals surface area contributed by atoms with E-state index in [1.807, 2.05) is 13.8 Å². The Morgan fingerprint density at radius 1 is 1.11 bits per heavy atom. The predicted molar refractivity (Wildman–Crippen MR) is 102 cm³/mol. The number of H-pyrrole nitrogens is 1. The lowest BCUT2D eigenvalue weighted by Crippen LogP contribution is -2.37. The van der Waals surface area contributed by atoms with Crippen molar-refractivity contribution in [2.45, 2.75) is 51.9 Å². The van der Waals surface area contributed by atoms with Crippen molar-refractivity contribution in [3.05, 3.63) is 28.4 Å². The van der Waals surface area contributed by atoms with Gasteiger partial charge in [0.05, 0.1) is 17.1 Å². The number of aromatic amines is 1. The van der Waals surface area contributed by atoms with Crippen LogP contribution >= 0.6 is 0 Å². The third-order valence-electron chi connectivity index (χ3n) is 5.24. The lowest BCUT2D eigenvalue weighted by molar-refractivity contribution is -0.131. The maximum atomic E-state index is 13.0. The number of hydrogen-bond donors (Lipinski definition) is 1. The van der Waals surface area contributed by atoms with Crippen molar-refractivity contribution in [3.63, 3.8) is 0 Å². The van der Waals surface area contributed by atoms with E-state index in [1.165, 1.54) is 4.31 Å². The SMILES string of the molecule is Cc1noc(C)c1CCC(=O)N1CCCN(S(=O)(=O)c2c(C)n[nH]c2C)CC1. The monoisotopic (exact) mass is 409 g/mol. The zero-order valence-electron chi connectivity index (χ0n) is 16.8. The Kier molecular flexibility index (Phi) is 5.90. The Morgan fingerprint density at radius 2 is 1.86 bits per heavy atom. The van der Waals surface area contributed by atoms with Crippen molar-refractivity contribution in [2.75, 3.05) is 26.2 Å². The lowest BCUT2D eigenvalue weighted by Gasteiger charge is -2.22. The van der Waals surface area contributed by atoms with E-state index in [0.717, 1.165) is 17.0 Å². The normalized spacial score (nSPS) is 16.4. The van der Waals surface area contributed by atoms with E-state index in [9.17, 15) is 13.2 Å². The van der Waals surface area contributed by atoms with Crippen LogP contribution in [0.2, 0.25) is 0 Å². The smallest absolute Gasteiger partial charge is 0.246 e. The van der Waals surface area contributed by atoms with Crippen molar-refractivity contribution < 1.29 is 17.7 Å². The Balaban J connectivity index is 1.64. The van der Waals surface area contributed by atoms with Gasteiger partial charge in [-0.25, -0.2) is 8.42 Å². The highest BCUT2D eigenvalue weighted by atomic mass is 32.2. The minimum atomic E-state index is -3.63. The molecular formula is C18H27N5O4S. The summed E-state index contributed by atoms with van der Waals surface area (Å²) in [6.07, 6.45) is 1.54. The number of carbonyl (C=O) groups excluding carboxylic acids is 1. The summed E-state index contributed by atoms with van der Waals surface area (Å²) in [5, 5.41) is 10.6. The second-order valence-corrected chi connectivity index (χ2v) is 9.08. The second-order valence-electron chi connectivity index (χ2n) is 7.20. The van der Waals surface area contributed by atoms with E-state index in [-0.39, 0.29) is 17.3 Å². The van der Waals surface area contributed by atoms with E-state index in [2.05, 4.69) is 15.4 Å². The van der Waals surface area contributed by atoms with Crippen LogP contribution in [0.1, 0.15) is 41.2 Å². The highest BCUT2D eigenvalue weighted by molar-refractivity contribution is 7.89. The molecule has 1 fully saturated rings. The molecule has 0 aliphatic carbocycles. The maximum absolute atomic E-state index is 13.0. The fourth-order valence-corrected chi connectivity index (χ4v) is 5.48. The van der Waals surface area contributed by atoms with Crippen LogP contribution in [0.25, 0.3) is 0 Å². The number of aryl methyl sites for hydroxylation is 4. The molecule has 1 aliphatic heterocycles. The summed E-state index contributed by atoms with van der Waals surface area (Å²) < 4.78 is 32.6. The van der Waals surface area contributed by atoms with Crippen LogP contribution in [0.5, 0.6) is 0 Å². The van der Waals surface area contributed by atoms with Gasteiger partial charge < -0.3 is 9.42 Å². The first-order chi connectivity index (χ1) is 13.2. The summed E-state index contributed by atoms with van der Waals surface area (Å²) >= 11 is 0. The minimum absolute atomic E-state index is 0.0231. The molecule has 0 atom stereocenters. The quantitative estimate of drug-likeness (QED) is 0.801. The van der Waals surface area contributed by atoms with E-state index in [0.29, 0.717) is 50.3 Å². The topological polar surface area (TPSA) is 112 Å². The number of sulfonamides is 1. The molecule has 0 saturated carbocycles. The van der Waals surface area contributed by atoms with Crippen molar-refractivity contribution in [1.29, 1.82) is 0 Å². The first kappa shape index (κ1) is 20.5. The highest BCUT2D eigenvalue weighted by Crippen LogP contribution is 2.23. The van der Waals surface area contributed by atoms with Gasteiger partial charge in [-0.2, -0.15) is 9.40 Å². The van der Waals surface area contributed by atoms with Crippen molar-refractivity contribution in [3.8, 4) is 0 Å². The Hall–Kier alpha value is -2.20. The van der Waals surface area contributed by atoms with Gasteiger partial charge in [-0.3, -0.25) is 9.89 Å². The first-order valence-corrected chi connectivity index (χ1v) is 10.9. The number of carbonyl (C=O) groups is 1. The van der Waals surface area contributed by atoms with Crippen LogP contribution in [0.3, 0.4) is 0 Å². The van der Waals surface area contributed by atoms with Crippen molar-refractivity contribution in [2.24, 2.45) is 0 Å². The molecule has 10 heteroatoms. The summed E-state index contributed by atoms with van der Waals surface area (Å²) in [7, 11) is -3.63. The third-order valence-corrected chi connectivity index (χ3v) is 7.40. The van der Waals surface area contributed by atoms with Crippen LogP contribution in [0.4, 0.5) is 0 Å². The molecule has 3 heterocycles. The van der Waals surface area contributed by atoms with Crippen LogP contribution in [0, 0.1) is 27.7 Å². The molecule has 9 nitrogen and oxygen atoms in total. The summed E-state index contributed by atoms with van der Waals surface area (Å²) in [4.78, 5) is 14.6. The zero-order valence-corrected chi connectivity index (χ0v) is 17.6. The molecule has 1 amide bonds. The molecule has 1 N–H and O–H groups in total. The minimum Gasteiger partial charge on any atom is -0.361 e. The highest BCUT2D eigenvalue weighted by Gasteiger charge is 2.31. The average molecular weight is 410 g/mol. The molecule has 1 aliphatic rings. The summed E-state index contributed by atoms with van der Waals surface area (Å²) in [5.74, 6) is 0.763. The number of rotatable bonds is 5. The van der Waals surface area contributed by atoms with Gasteiger partial charge in [0, 0.05) is 38.2 Å². The molecule has 2 aromatic rings. The van der Waals surface area contributed by atoms with Gasteiger partial charge in [-0.15, -0.1) is 0 Å². The van der Waals surface area contributed by atoms with Gasteiger partial charge >= 0.3 is 0 Å². The number of hydrogen-bond acceptors (Lipinski definition) is 6. The molecule has 1 saturated heterocycles. The molecule has 0 aromatic carbocycles. The van der Waals surface area contributed by atoms with E-state index in [1.54, 1.807) is 18.7 Å². The molecule has 0 unspecified atom stereocenters. The fraction of sp³-hybridized carbons (Fsp3) is 0.611. The number of nitrogens with zero attached hydrogens (tertiary/aromatic N) is 4. The molecule has 0 spiro atoms. The summed E-state index contributed by atoms with van der Waals surface area (Å²) in [6, 6.07) is 0. The van der Waals surface area contributed by atoms with E-state index < -0.39 is 10.0 Å². The molecule has 154 valence electrons. The van der Waals surface area contributed by atoms with Crippen LogP contribution in [-0.2, 0) is 21.2 Å². The van der Waals surface area contributed by atoms with Gasteiger partial charge in [0.15, 0.2) is 0 Å². The standard InChI is InChI=1S/C18H27N5O4S/c1-12-16(15(4)27-21-12)6-7-17(24)22-8-5-9-23(11-10-22)28(25,26)18-13(2)19-20-14(18)3/h5-11H2,1-4H3,(H,19,20). The van der Waals surface area contributed by atoms with E-state index >= 15 is 0 Å². The van der Waals surface area contributed by atoms with Gasteiger partial charge in [-0.05, 0) is 40.5 Å². The average Bonchev–Trinajstić information content (AvgIpc) is 3.03. The summed E-state index contributed by atoms with van der Waals surface area (Å²) in [5.41, 5.74) is 2.78. The largest absolute Gasteiger partial charge is 0.361 e. The molecule has 0 radical (unpaired) electrons. The fourth-order valence-electron chi connectivity index (χ4n) is 3.68. The van der Waals surface area contributed by atoms with E-state index in [4.69, 9.17) is 4.52 Å². The number of amides is 1. The molecule has 2 aromatic heterocycles. The molecule has 3 rings (SSSR count). The maximum Gasteiger partial charge on any atom is 0.246 e. The Bertz CT molecular complexity index is 924. The van der Waals surface area contributed by atoms with Crippen LogP contribution in [0.15, 0.2) is 9.42 Å². The van der Waals surface area contributed by atoms with Crippen molar-refractivity contribution >= 4 is 15.9 Å². The Labute approximate surface area is 165 Å². The zero-order chi connectivity index (χ0) is 20.5. The Morgan fingerprint density at radius 3 is 2.46 bits per heavy atom. The van der Waals surface area contributed by atoms with Crippen molar-refractivity contribution in [1.82, 2.24) is 24.6 Å². The first-order valence-electron chi connectivity index (χ1n) is 9.43. The second kappa shape index (κ2) is 8.04. The summed E-state index contributed by atoms with van der Waals surface area (Å²) in [6.45, 7) is 8.70. The molecular weight excluding hydrogens is 382 g/mol. The third kappa shape index (κ3) is 3.97. The van der Waals surface area contributed by atoms with Gasteiger partial charge in [0.1, 0.15) is 10.7 Å². The number of aromatic nitrogens is 3.